The largest absolute Gasteiger partial charge is 0.446 e. The summed E-state index contributed by atoms with van der Waals surface area (Å²) < 4.78 is 37.9. The molecule has 8 heteroatoms. The van der Waals surface area contributed by atoms with Crippen LogP contribution in [-0.4, -0.2) is 41.9 Å². The molecule has 0 saturated carbocycles. The lowest BCUT2D eigenvalue weighted by Crippen LogP contribution is -2.41. The van der Waals surface area contributed by atoms with E-state index in [9.17, 15) is 22.8 Å². The van der Waals surface area contributed by atoms with Crippen LogP contribution in [-0.2, 0) is 4.79 Å². The summed E-state index contributed by atoms with van der Waals surface area (Å²) in [6.07, 6.45) is 1.45. The first kappa shape index (κ1) is 18.6. The first-order valence-electron chi connectivity index (χ1n) is 7.65. The highest BCUT2D eigenvalue weighted by atomic mass is 32.2. The van der Waals surface area contributed by atoms with Gasteiger partial charge in [-0.2, -0.15) is 13.2 Å². The molecule has 1 fully saturated rings. The molecule has 1 aromatic carbocycles. The minimum atomic E-state index is -4.43. The summed E-state index contributed by atoms with van der Waals surface area (Å²) in [4.78, 5) is 25.0. The first-order chi connectivity index (χ1) is 11.3. The summed E-state index contributed by atoms with van der Waals surface area (Å²) in [6, 6.07) is 5.80. The third kappa shape index (κ3) is 5.43. The Morgan fingerprint density at radius 3 is 2.46 bits per heavy atom. The van der Waals surface area contributed by atoms with Gasteiger partial charge in [0, 0.05) is 31.5 Å². The Labute approximate surface area is 142 Å². The minimum absolute atomic E-state index is 0.0737. The van der Waals surface area contributed by atoms with Gasteiger partial charge in [0.2, 0.25) is 5.91 Å². The molecule has 0 unspecified atom stereocenters. The number of halogens is 3. The van der Waals surface area contributed by atoms with E-state index in [2.05, 4.69) is 5.32 Å². The topological polar surface area (TPSA) is 49.4 Å². The average molecular weight is 360 g/mol. The van der Waals surface area contributed by atoms with Gasteiger partial charge in [-0.1, -0.05) is 12.1 Å². The van der Waals surface area contributed by atoms with E-state index in [0.29, 0.717) is 19.6 Å². The summed E-state index contributed by atoms with van der Waals surface area (Å²) in [6.45, 7) is 2.98. The summed E-state index contributed by atoms with van der Waals surface area (Å²) in [7, 11) is 0. The third-order valence-electron chi connectivity index (χ3n) is 3.88. The van der Waals surface area contributed by atoms with Crippen molar-refractivity contribution in [3.05, 3.63) is 29.8 Å². The van der Waals surface area contributed by atoms with Crippen LogP contribution < -0.4 is 5.32 Å². The van der Waals surface area contributed by atoms with Crippen molar-refractivity contribution in [2.24, 2.45) is 5.92 Å². The second-order valence-electron chi connectivity index (χ2n) is 5.72. The molecule has 1 heterocycles. The normalized spacial score (nSPS) is 16.1. The standard InChI is InChI=1S/C16H19F3N2O2S/c1-11(22)20-10-12-6-8-21(9-7-12)15(23)13-4-2-3-5-14(13)24-16(17,18)19/h2-5,12H,6-10H2,1H3,(H,20,22). The number of hydrogen-bond acceptors (Lipinski definition) is 3. The zero-order valence-electron chi connectivity index (χ0n) is 13.2. The van der Waals surface area contributed by atoms with Gasteiger partial charge >= 0.3 is 5.51 Å². The third-order valence-corrected chi connectivity index (χ3v) is 4.69. The molecule has 132 valence electrons. The van der Waals surface area contributed by atoms with Crippen LogP contribution in [0.2, 0.25) is 0 Å². The van der Waals surface area contributed by atoms with Gasteiger partial charge in [-0.05, 0) is 42.7 Å². The second kappa shape index (κ2) is 7.92. The Bertz CT molecular complexity index is 599. The van der Waals surface area contributed by atoms with Crippen molar-refractivity contribution in [2.75, 3.05) is 19.6 Å². The molecule has 1 aromatic rings. The van der Waals surface area contributed by atoms with Crippen molar-refractivity contribution in [2.45, 2.75) is 30.2 Å². The molecule has 4 nitrogen and oxygen atoms in total. The maximum absolute atomic E-state index is 12.6. The quantitative estimate of drug-likeness (QED) is 0.839. The number of benzene rings is 1. The summed E-state index contributed by atoms with van der Waals surface area (Å²) in [5.41, 5.74) is -4.35. The van der Waals surface area contributed by atoms with Gasteiger partial charge in [-0.3, -0.25) is 9.59 Å². The van der Waals surface area contributed by atoms with Crippen LogP contribution in [0.1, 0.15) is 30.1 Å². The molecule has 2 rings (SSSR count). The molecular weight excluding hydrogens is 341 g/mol. The number of likely N-dealkylation sites (tertiary alicyclic amines) is 1. The number of nitrogens with one attached hydrogen (secondary N) is 1. The molecule has 0 atom stereocenters. The van der Waals surface area contributed by atoms with E-state index in [0.717, 1.165) is 12.8 Å². The number of thioether (sulfide) groups is 1. The van der Waals surface area contributed by atoms with Gasteiger partial charge in [-0.25, -0.2) is 0 Å². The fourth-order valence-electron chi connectivity index (χ4n) is 2.66. The predicted octanol–water partition coefficient (Wildman–Crippen LogP) is 3.29. The molecule has 24 heavy (non-hydrogen) atoms. The van der Waals surface area contributed by atoms with E-state index >= 15 is 0 Å². The van der Waals surface area contributed by atoms with Crippen molar-refractivity contribution >= 4 is 23.6 Å². The molecule has 1 aliphatic rings. The number of nitrogens with zero attached hydrogens (tertiary/aromatic N) is 1. The number of amides is 2. The van der Waals surface area contributed by atoms with Gasteiger partial charge in [0.1, 0.15) is 0 Å². The highest BCUT2D eigenvalue weighted by Crippen LogP contribution is 2.38. The van der Waals surface area contributed by atoms with Crippen LogP contribution in [0, 0.1) is 5.92 Å². The lowest BCUT2D eigenvalue weighted by Gasteiger charge is -2.32. The van der Waals surface area contributed by atoms with E-state index in [-0.39, 0.29) is 40.0 Å². The Hall–Kier alpha value is -1.70. The summed E-state index contributed by atoms with van der Waals surface area (Å²) >= 11 is -0.263. The van der Waals surface area contributed by atoms with Crippen LogP contribution in [0.3, 0.4) is 0 Å². The number of alkyl halides is 3. The molecule has 1 N–H and O–H groups in total. The predicted molar refractivity (Wildman–Crippen MR) is 85.7 cm³/mol. The SMILES string of the molecule is CC(=O)NCC1CCN(C(=O)c2ccccc2SC(F)(F)F)CC1. The van der Waals surface area contributed by atoms with Crippen molar-refractivity contribution < 1.29 is 22.8 Å². The zero-order chi connectivity index (χ0) is 17.7. The van der Waals surface area contributed by atoms with Crippen LogP contribution >= 0.6 is 11.8 Å². The van der Waals surface area contributed by atoms with E-state index in [4.69, 9.17) is 0 Å². The van der Waals surface area contributed by atoms with Crippen LogP contribution in [0.15, 0.2) is 29.2 Å². The van der Waals surface area contributed by atoms with Gasteiger partial charge in [-0.15, -0.1) is 0 Å². The fraction of sp³-hybridized carbons (Fsp3) is 0.500. The van der Waals surface area contributed by atoms with Crippen molar-refractivity contribution in [1.29, 1.82) is 0 Å². The van der Waals surface area contributed by atoms with Crippen molar-refractivity contribution in [1.82, 2.24) is 10.2 Å². The van der Waals surface area contributed by atoms with Gasteiger partial charge in [0.15, 0.2) is 0 Å². The Balaban J connectivity index is 1.99. The van der Waals surface area contributed by atoms with Crippen molar-refractivity contribution in [3.8, 4) is 0 Å². The minimum Gasteiger partial charge on any atom is -0.356 e. The molecule has 0 aromatic heterocycles. The molecule has 0 aliphatic carbocycles. The van der Waals surface area contributed by atoms with E-state index in [1.54, 1.807) is 11.0 Å². The maximum atomic E-state index is 12.6. The molecule has 0 spiro atoms. The second-order valence-corrected chi connectivity index (χ2v) is 6.82. The van der Waals surface area contributed by atoms with Crippen LogP contribution in [0.25, 0.3) is 0 Å². The maximum Gasteiger partial charge on any atom is 0.446 e. The Kier molecular flexibility index (Phi) is 6.15. The van der Waals surface area contributed by atoms with Gasteiger partial charge < -0.3 is 10.2 Å². The highest BCUT2D eigenvalue weighted by Gasteiger charge is 2.32. The smallest absolute Gasteiger partial charge is 0.356 e. The Morgan fingerprint density at radius 1 is 1.25 bits per heavy atom. The number of rotatable bonds is 4. The summed E-state index contributed by atoms with van der Waals surface area (Å²) in [5, 5.41) is 2.76. The Morgan fingerprint density at radius 2 is 1.88 bits per heavy atom. The summed E-state index contributed by atoms with van der Waals surface area (Å²) in [5.74, 6) is -0.176. The van der Waals surface area contributed by atoms with E-state index in [1.807, 2.05) is 0 Å². The van der Waals surface area contributed by atoms with Crippen LogP contribution in [0.5, 0.6) is 0 Å². The van der Waals surface area contributed by atoms with Crippen molar-refractivity contribution in [3.63, 3.8) is 0 Å². The zero-order valence-corrected chi connectivity index (χ0v) is 14.0. The van der Waals surface area contributed by atoms with Gasteiger partial charge in [0.25, 0.3) is 5.91 Å². The van der Waals surface area contributed by atoms with Gasteiger partial charge in [0.05, 0.1) is 5.56 Å². The fourth-order valence-corrected chi connectivity index (χ4v) is 3.32. The number of piperidine rings is 1. The highest BCUT2D eigenvalue weighted by molar-refractivity contribution is 8.00. The molecule has 1 aliphatic heterocycles. The lowest BCUT2D eigenvalue weighted by molar-refractivity contribution is -0.119. The number of hydrogen-bond donors (Lipinski definition) is 1. The number of carbonyl (C=O) groups excluding carboxylic acids is 2. The molecule has 0 bridgehead atoms. The average Bonchev–Trinajstić information content (AvgIpc) is 2.52. The van der Waals surface area contributed by atoms with Crippen LogP contribution in [0.4, 0.5) is 13.2 Å². The van der Waals surface area contributed by atoms with E-state index in [1.165, 1.54) is 25.1 Å². The van der Waals surface area contributed by atoms with E-state index < -0.39 is 5.51 Å². The monoisotopic (exact) mass is 360 g/mol. The molecule has 2 amide bonds. The molecule has 1 saturated heterocycles. The molecular formula is C16H19F3N2O2S. The number of carbonyl (C=O) groups is 2. The first-order valence-corrected chi connectivity index (χ1v) is 8.46. The lowest BCUT2D eigenvalue weighted by atomic mass is 9.96. The molecule has 0 radical (unpaired) electrons.